The monoisotopic (exact) mass is 599 g/mol. The molecule has 0 radical (unpaired) electrons. The molecule has 4 atom stereocenters. The van der Waals surface area contributed by atoms with Gasteiger partial charge in [0.25, 0.3) is 0 Å². The van der Waals surface area contributed by atoms with E-state index < -0.39 is 23.8 Å². The Labute approximate surface area is 226 Å². The lowest BCUT2D eigenvalue weighted by molar-refractivity contribution is -0.0620. The van der Waals surface area contributed by atoms with E-state index in [4.69, 9.17) is 21.1 Å². The number of aromatic nitrogens is 1. The van der Waals surface area contributed by atoms with Gasteiger partial charge in [-0.25, -0.2) is 4.98 Å². The molecule has 7 nitrogen and oxygen atoms in total. The number of hydrazone groups is 1. The largest absolute Gasteiger partial charge is 0.490 e. The predicted octanol–water partition coefficient (Wildman–Crippen LogP) is 6.46. The zero-order valence-electron chi connectivity index (χ0n) is 20.5. The van der Waals surface area contributed by atoms with Crippen molar-refractivity contribution in [3.8, 4) is 17.7 Å². The van der Waals surface area contributed by atoms with Crippen molar-refractivity contribution in [2.75, 3.05) is 30.1 Å². The number of hydrogen-bond acceptors (Lipinski definition) is 7. The molecule has 0 bridgehead atoms. The van der Waals surface area contributed by atoms with Crippen LogP contribution in [0, 0.1) is 23.2 Å². The maximum Gasteiger partial charge on any atom is 0.431 e. The van der Waals surface area contributed by atoms with Crippen molar-refractivity contribution in [2.45, 2.75) is 45.0 Å². The Morgan fingerprint density at radius 2 is 2.00 bits per heavy atom. The summed E-state index contributed by atoms with van der Waals surface area (Å²) in [5.41, 5.74) is 0.423. The number of methoxy groups -OCH3 is 1. The van der Waals surface area contributed by atoms with Gasteiger partial charge in [0.2, 0.25) is 5.88 Å². The number of ether oxygens (including phenoxy) is 2. The standard InChI is InChI=1S/C25H26BrClF3N5O2/c1-14-13-34(21-11-23(36-3)32-12-18(21)27)9-7-22(14)37-16-4-5-20(17(26)10-16)35-19(6-8-31)15(2)24(33-35)25(28,29)30/h4-5,10-12,14-15,19,22H,6-7,9,13H2,1-3H3/t14-,15-,19-,22+/m0/s1. The third kappa shape index (κ3) is 5.75. The maximum absolute atomic E-state index is 13.5. The van der Waals surface area contributed by atoms with Gasteiger partial charge in [-0.1, -0.05) is 25.4 Å². The molecule has 0 aliphatic carbocycles. The van der Waals surface area contributed by atoms with Gasteiger partial charge in [0, 0.05) is 41.9 Å². The molecule has 0 N–H and O–H groups in total. The highest BCUT2D eigenvalue weighted by atomic mass is 79.9. The minimum absolute atomic E-state index is 0.0653. The zero-order valence-corrected chi connectivity index (χ0v) is 22.8. The highest BCUT2D eigenvalue weighted by Crippen LogP contribution is 2.40. The van der Waals surface area contributed by atoms with Gasteiger partial charge in [-0.3, -0.25) is 5.01 Å². The molecule has 1 aromatic carbocycles. The quantitative estimate of drug-likeness (QED) is 0.379. The van der Waals surface area contributed by atoms with E-state index in [1.54, 1.807) is 31.5 Å². The first-order valence-electron chi connectivity index (χ1n) is 11.8. The molecule has 37 heavy (non-hydrogen) atoms. The molecule has 0 amide bonds. The molecular formula is C25H26BrClF3N5O2. The smallest absolute Gasteiger partial charge is 0.431 e. The SMILES string of the molecule is COc1cc(N2CC[C@@H](Oc3ccc(N4N=C(C(F)(F)F)[C@@H](C)[C@@H]4CC#N)c(Br)c3)[C@@H](C)C2)c(Cl)cn1. The van der Waals surface area contributed by atoms with Crippen LogP contribution >= 0.6 is 27.5 Å². The molecular weight excluding hydrogens is 575 g/mol. The Morgan fingerprint density at radius 3 is 2.62 bits per heavy atom. The van der Waals surface area contributed by atoms with E-state index >= 15 is 0 Å². The Balaban J connectivity index is 1.48. The minimum atomic E-state index is -4.56. The number of piperidine rings is 1. The molecule has 0 unspecified atom stereocenters. The highest BCUT2D eigenvalue weighted by Gasteiger charge is 2.48. The molecule has 2 aliphatic rings. The van der Waals surface area contributed by atoms with Crippen LogP contribution in [0.2, 0.25) is 5.02 Å². The second kappa shape index (κ2) is 11.0. The molecule has 12 heteroatoms. The topological polar surface area (TPSA) is 74.0 Å². The van der Waals surface area contributed by atoms with Crippen LogP contribution in [0.1, 0.15) is 26.7 Å². The number of benzene rings is 1. The van der Waals surface area contributed by atoms with Gasteiger partial charge in [0.15, 0.2) is 0 Å². The maximum atomic E-state index is 13.5. The summed E-state index contributed by atoms with van der Waals surface area (Å²) in [6, 6.07) is 8.20. The summed E-state index contributed by atoms with van der Waals surface area (Å²) < 4.78 is 52.5. The Morgan fingerprint density at radius 1 is 1.24 bits per heavy atom. The Kier molecular flexibility index (Phi) is 8.09. The van der Waals surface area contributed by atoms with Crippen molar-refractivity contribution < 1.29 is 22.6 Å². The zero-order chi connectivity index (χ0) is 26.9. The molecule has 2 aliphatic heterocycles. The van der Waals surface area contributed by atoms with Crippen molar-refractivity contribution in [3.05, 3.63) is 40.0 Å². The number of nitrogens with zero attached hydrogens (tertiary/aromatic N) is 5. The third-order valence-corrected chi connectivity index (χ3v) is 7.70. The van der Waals surface area contributed by atoms with Crippen LogP contribution < -0.4 is 19.4 Å². The Hall–Kier alpha value is -2.71. The molecule has 1 saturated heterocycles. The van der Waals surface area contributed by atoms with E-state index in [9.17, 15) is 18.4 Å². The Bertz CT molecular complexity index is 1220. The molecule has 1 aromatic heterocycles. The normalized spacial score (nSPS) is 24.0. The van der Waals surface area contributed by atoms with Crippen molar-refractivity contribution in [1.82, 2.24) is 4.98 Å². The number of alkyl halides is 3. The van der Waals surface area contributed by atoms with E-state index in [2.05, 4.69) is 37.8 Å². The predicted molar refractivity (Wildman–Crippen MR) is 140 cm³/mol. The van der Waals surface area contributed by atoms with Gasteiger partial charge < -0.3 is 14.4 Å². The first kappa shape index (κ1) is 27.3. The number of rotatable bonds is 6. The second-order valence-corrected chi connectivity index (χ2v) is 10.5. The van der Waals surface area contributed by atoms with E-state index in [-0.39, 0.29) is 18.4 Å². The van der Waals surface area contributed by atoms with Crippen LogP contribution in [0.3, 0.4) is 0 Å². The number of anilines is 2. The lowest BCUT2D eigenvalue weighted by Crippen LogP contribution is -2.44. The van der Waals surface area contributed by atoms with Gasteiger partial charge in [0.1, 0.15) is 17.6 Å². The summed E-state index contributed by atoms with van der Waals surface area (Å²) in [4.78, 5) is 6.30. The molecule has 2 aromatic rings. The highest BCUT2D eigenvalue weighted by molar-refractivity contribution is 9.10. The van der Waals surface area contributed by atoms with E-state index in [0.29, 0.717) is 33.4 Å². The average Bonchev–Trinajstić information content (AvgIpc) is 3.17. The second-order valence-electron chi connectivity index (χ2n) is 9.21. The van der Waals surface area contributed by atoms with Crippen molar-refractivity contribution in [3.63, 3.8) is 0 Å². The van der Waals surface area contributed by atoms with Crippen LogP contribution in [0.4, 0.5) is 24.5 Å². The van der Waals surface area contributed by atoms with Gasteiger partial charge in [-0.2, -0.15) is 23.5 Å². The summed E-state index contributed by atoms with van der Waals surface area (Å²) in [5.74, 6) is 0.322. The lowest BCUT2D eigenvalue weighted by Gasteiger charge is -2.38. The van der Waals surface area contributed by atoms with Crippen molar-refractivity contribution >= 4 is 44.6 Å². The molecule has 0 spiro atoms. The van der Waals surface area contributed by atoms with Gasteiger partial charge in [0.05, 0.1) is 48.2 Å². The lowest BCUT2D eigenvalue weighted by atomic mass is 9.95. The van der Waals surface area contributed by atoms with E-state index in [1.165, 1.54) is 11.9 Å². The molecule has 1 fully saturated rings. The van der Waals surface area contributed by atoms with Gasteiger partial charge in [-0.05, 0) is 34.1 Å². The molecule has 0 saturated carbocycles. The van der Waals surface area contributed by atoms with Crippen LogP contribution in [0.25, 0.3) is 0 Å². The molecule has 198 valence electrons. The number of halogens is 5. The van der Waals surface area contributed by atoms with E-state index in [0.717, 1.165) is 18.7 Å². The van der Waals surface area contributed by atoms with Crippen molar-refractivity contribution in [2.24, 2.45) is 16.9 Å². The summed E-state index contributed by atoms with van der Waals surface area (Å²) in [5, 5.41) is 14.9. The first-order valence-corrected chi connectivity index (χ1v) is 12.9. The summed E-state index contributed by atoms with van der Waals surface area (Å²) >= 11 is 9.84. The number of hydrogen-bond donors (Lipinski definition) is 0. The summed E-state index contributed by atoms with van der Waals surface area (Å²) in [7, 11) is 1.56. The minimum Gasteiger partial charge on any atom is -0.490 e. The summed E-state index contributed by atoms with van der Waals surface area (Å²) in [6.07, 6.45) is -2.39. The fourth-order valence-corrected chi connectivity index (χ4v) is 5.54. The molecule has 4 rings (SSSR count). The van der Waals surface area contributed by atoms with Crippen LogP contribution in [-0.4, -0.2) is 49.2 Å². The third-order valence-electron chi connectivity index (χ3n) is 6.77. The van der Waals surface area contributed by atoms with Crippen LogP contribution in [0.15, 0.2) is 40.0 Å². The van der Waals surface area contributed by atoms with E-state index in [1.807, 2.05) is 12.1 Å². The molecule has 3 heterocycles. The first-order chi connectivity index (χ1) is 17.5. The summed E-state index contributed by atoms with van der Waals surface area (Å²) in [6.45, 7) is 4.98. The number of pyridine rings is 1. The van der Waals surface area contributed by atoms with Crippen molar-refractivity contribution in [1.29, 1.82) is 5.26 Å². The average molecular weight is 601 g/mol. The number of nitriles is 1. The van der Waals surface area contributed by atoms with Crippen LogP contribution in [0.5, 0.6) is 11.6 Å². The van der Waals surface area contributed by atoms with Crippen LogP contribution in [-0.2, 0) is 0 Å². The fourth-order valence-electron chi connectivity index (χ4n) is 4.78. The van der Waals surface area contributed by atoms with Gasteiger partial charge in [-0.15, -0.1) is 0 Å². The van der Waals surface area contributed by atoms with Gasteiger partial charge >= 0.3 is 6.18 Å². The fraction of sp³-hybridized carbons (Fsp3) is 0.480.